The third-order valence-electron chi connectivity index (χ3n) is 5.60. The highest BCUT2D eigenvalue weighted by Gasteiger charge is 2.24. The van der Waals surface area contributed by atoms with Gasteiger partial charge in [0.15, 0.2) is 0 Å². The van der Waals surface area contributed by atoms with Gasteiger partial charge in [-0.2, -0.15) is 5.26 Å². The molecule has 0 bridgehead atoms. The third kappa shape index (κ3) is 4.33. The van der Waals surface area contributed by atoms with Gasteiger partial charge in [-0.25, -0.2) is 0 Å². The molecule has 5 nitrogen and oxygen atoms in total. The van der Waals surface area contributed by atoms with Crippen LogP contribution in [0.4, 0.5) is 0 Å². The van der Waals surface area contributed by atoms with Crippen LogP contribution < -0.4 is 5.32 Å². The Bertz CT molecular complexity index is 868. The van der Waals surface area contributed by atoms with E-state index in [2.05, 4.69) is 22.9 Å². The minimum Gasteiger partial charge on any atom is -0.467 e. The van der Waals surface area contributed by atoms with E-state index in [0.29, 0.717) is 12.5 Å². The van der Waals surface area contributed by atoms with E-state index in [9.17, 15) is 10.1 Å². The van der Waals surface area contributed by atoms with E-state index in [-0.39, 0.29) is 17.5 Å². The summed E-state index contributed by atoms with van der Waals surface area (Å²) in [5.74, 6) is 1.06. The molecular weight excluding hydrogens is 338 g/mol. The molecule has 2 aromatic rings. The topological polar surface area (TPSA) is 71.0 Å². The minimum absolute atomic E-state index is 0.158. The second kappa shape index (κ2) is 8.30. The molecule has 3 rings (SSSR count). The molecule has 2 heterocycles. The van der Waals surface area contributed by atoms with E-state index in [0.717, 1.165) is 42.0 Å². The fourth-order valence-electron chi connectivity index (χ4n) is 3.86. The number of rotatable bonds is 5. The largest absolute Gasteiger partial charge is 0.467 e. The molecule has 1 saturated carbocycles. The van der Waals surface area contributed by atoms with Crippen molar-refractivity contribution in [3.8, 4) is 6.07 Å². The summed E-state index contributed by atoms with van der Waals surface area (Å²) < 4.78 is 7.56. The lowest BCUT2D eigenvalue weighted by molar-refractivity contribution is -0.118. The molecule has 0 aromatic carbocycles. The molecule has 0 unspecified atom stereocenters. The Kier molecular flexibility index (Phi) is 5.85. The lowest BCUT2D eigenvalue weighted by Gasteiger charge is -2.29. The summed E-state index contributed by atoms with van der Waals surface area (Å²) in [5.41, 5.74) is 3.12. The quantitative estimate of drug-likeness (QED) is 0.632. The van der Waals surface area contributed by atoms with Crippen LogP contribution in [0, 0.1) is 31.1 Å². The van der Waals surface area contributed by atoms with Gasteiger partial charge in [0.05, 0.1) is 12.8 Å². The number of amides is 1. The van der Waals surface area contributed by atoms with Crippen LogP contribution in [0.2, 0.25) is 0 Å². The number of aryl methyl sites for hydroxylation is 1. The fraction of sp³-hybridized carbons (Fsp3) is 0.455. The monoisotopic (exact) mass is 365 g/mol. The number of carbonyl (C=O) groups excluding carboxylic acids is 1. The molecule has 1 aliphatic rings. The smallest absolute Gasteiger partial charge is 0.262 e. The van der Waals surface area contributed by atoms with Gasteiger partial charge in [0, 0.05) is 17.4 Å². The average Bonchev–Trinajstić information content (AvgIpc) is 3.25. The highest BCUT2D eigenvalue weighted by atomic mass is 16.3. The zero-order valence-corrected chi connectivity index (χ0v) is 16.3. The Hall–Kier alpha value is -2.74. The molecule has 27 heavy (non-hydrogen) atoms. The molecule has 1 N–H and O–H groups in total. The lowest BCUT2D eigenvalue weighted by atomic mass is 9.86. The first-order chi connectivity index (χ1) is 13.0. The van der Waals surface area contributed by atoms with Crippen molar-refractivity contribution in [2.75, 3.05) is 0 Å². The average molecular weight is 365 g/mol. The van der Waals surface area contributed by atoms with Crippen LogP contribution >= 0.6 is 0 Å². The number of furan rings is 1. The summed E-state index contributed by atoms with van der Waals surface area (Å²) in [5, 5.41) is 12.6. The van der Waals surface area contributed by atoms with Gasteiger partial charge in [-0.3, -0.25) is 4.79 Å². The van der Waals surface area contributed by atoms with Gasteiger partial charge in [0.25, 0.3) is 5.91 Å². The molecule has 142 valence electrons. The van der Waals surface area contributed by atoms with Gasteiger partial charge in [0.1, 0.15) is 17.4 Å². The van der Waals surface area contributed by atoms with Gasteiger partial charge in [-0.15, -0.1) is 0 Å². The first-order valence-corrected chi connectivity index (χ1v) is 9.61. The predicted octanol–water partition coefficient (Wildman–Crippen LogP) is 4.35. The number of carbonyl (C=O) groups is 1. The molecule has 0 radical (unpaired) electrons. The molecule has 0 spiro atoms. The number of aromatic nitrogens is 1. The molecule has 0 aliphatic heterocycles. The van der Waals surface area contributed by atoms with Crippen molar-refractivity contribution in [3.05, 3.63) is 52.7 Å². The molecule has 0 saturated heterocycles. The van der Waals surface area contributed by atoms with Crippen molar-refractivity contribution in [1.82, 2.24) is 9.88 Å². The first kappa shape index (κ1) is 19.0. The lowest BCUT2D eigenvalue weighted by Crippen LogP contribution is -2.41. The predicted molar refractivity (Wildman–Crippen MR) is 105 cm³/mol. The van der Waals surface area contributed by atoms with Crippen LogP contribution in [-0.4, -0.2) is 16.5 Å². The van der Waals surface area contributed by atoms with E-state index < -0.39 is 0 Å². The first-order valence-electron chi connectivity index (χ1n) is 9.61. The Morgan fingerprint density at radius 2 is 2.19 bits per heavy atom. The minimum atomic E-state index is -0.271. The summed E-state index contributed by atoms with van der Waals surface area (Å²) in [4.78, 5) is 12.6. The number of nitrogens with zero attached hydrogens (tertiary/aromatic N) is 2. The summed E-state index contributed by atoms with van der Waals surface area (Å²) in [6.45, 7) is 6.81. The molecule has 5 heteroatoms. The van der Waals surface area contributed by atoms with E-state index in [1.165, 1.54) is 6.42 Å². The maximum absolute atomic E-state index is 12.6. The van der Waals surface area contributed by atoms with E-state index >= 15 is 0 Å². The third-order valence-corrected chi connectivity index (χ3v) is 5.60. The standard InChI is InChI=1S/C22H27N3O2/c1-15-7-4-5-9-21(15)24-22(26)19(13-23)12-18-11-16(2)25(17(18)3)14-20-8-6-10-27-20/h6,8,10-12,15,21H,4-5,7,9,14H2,1-3H3,(H,24,26)/b19-12+/t15-,21-/m1/s1. The van der Waals surface area contributed by atoms with Crippen molar-refractivity contribution in [2.24, 2.45) is 5.92 Å². The molecule has 1 fully saturated rings. The van der Waals surface area contributed by atoms with Crippen molar-refractivity contribution in [1.29, 1.82) is 5.26 Å². The van der Waals surface area contributed by atoms with Crippen LogP contribution in [0.25, 0.3) is 6.08 Å². The SMILES string of the molecule is Cc1cc(/C=C(\C#N)C(=O)N[C@@H]2CCCC[C@H]2C)c(C)n1Cc1ccco1. The van der Waals surface area contributed by atoms with Crippen molar-refractivity contribution < 1.29 is 9.21 Å². The highest BCUT2D eigenvalue weighted by Crippen LogP contribution is 2.24. The maximum atomic E-state index is 12.6. The maximum Gasteiger partial charge on any atom is 0.262 e. The van der Waals surface area contributed by atoms with Crippen LogP contribution in [0.1, 0.15) is 55.3 Å². The Balaban J connectivity index is 1.79. The van der Waals surface area contributed by atoms with Gasteiger partial charge >= 0.3 is 0 Å². The Morgan fingerprint density at radius 1 is 1.41 bits per heavy atom. The summed E-state index contributed by atoms with van der Waals surface area (Å²) in [6, 6.07) is 8.05. The highest BCUT2D eigenvalue weighted by molar-refractivity contribution is 6.02. The van der Waals surface area contributed by atoms with Gasteiger partial charge < -0.3 is 14.3 Å². The molecule has 1 aliphatic carbocycles. The summed E-state index contributed by atoms with van der Waals surface area (Å²) in [7, 11) is 0. The van der Waals surface area contributed by atoms with Crippen LogP contribution in [0.15, 0.2) is 34.5 Å². The molecule has 2 atom stereocenters. The molecule has 2 aromatic heterocycles. The fourth-order valence-corrected chi connectivity index (χ4v) is 3.86. The Morgan fingerprint density at radius 3 is 2.85 bits per heavy atom. The van der Waals surface area contributed by atoms with Crippen molar-refractivity contribution in [3.63, 3.8) is 0 Å². The zero-order chi connectivity index (χ0) is 19.4. The molecular formula is C22H27N3O2. The number of hydrogen-bond acceptors (Lipinski definition) is 3. The zero-order valence-electron chi connectivity index (χ0n) is 16.3. The molecule has 1 amide bonds. The van der Waals surface area contributed by atoms with Gasteiger partial charge in [-0.1, -0.05) is 19.8 Å². The van der Waals surface area contributed by atoms with Crippen LogP contribution in [-0.2, 0) is 11.3 Å². The van der Waals surface area contributed by atoms with Crippen LogP contribution in [0.5, 0.6) is 0 Å². The van der Waals surface area contributed by atoms with E-state index in [4.69, 9.17) is 4.42 Å². The van der Waals surface area contributed by atoms with Crippen LogP contribution in [0.3, 0.4) is 0 Å². The van der Waals surface area contributed by atoms with E-state index in [1.54, 1.807) is 12.3 Å². The van der Waals surface area contributed by atoms with Crippen molar-refractivity contribution in [2.45, 2.75) is 59.0 Å². The van der Waals surface area contributed by atoms with E-state index in [1.807, 2.05) is 32.0 Å². The van der Waals surface area contributed by atoms with Gasteiger partial charge in [-0.05, 0) is 62.4 Å². The second-order valence-electron chi connectivity index (χ2n) is 7.50. The number of nitriles is 1. The normalized spacial score (nSPS) is 20.3. The second-order valence-corrected chi connectivity index (χ2v) is 7.50. The number of hydrogen-bond donors (Lipinski definition) is 1. The summed E-state index contributed by atoms with van der Waals surface area (Å²) in [6.07, 6.45) is 7.83. The Labute approximate surface area is 160 Å². The van der Waals surface area contributed by atoms with Gasteiger partial charge in [0.2, 0.25) is 0 Å². The summed E-state index contributed by atoms with van der Waals surface area (Å²) >= 11 is 0. The van der Waals surface area contributed by atoms with Crippen molar-refractivity contribution >= 4 is 12.0 Å². The number of nitrogens with one attached hydrogen (secondary N) is 1.